The van der Waals surface area contributed by atoms with Crippen LogP contribution < -0.4 is 9.47 Å². The predicted molar refractivity (Wildman–Crippen MR) is 76.1 cm³/mol. The molecule has 20 heavy (non-hydrogen) atoms. The largest absolute Gasteiger partial charge is 0.493 e. The van der Waals surface area contributed by atoms with Crippen LogP contribution in [-0.2, 0) is 16.6 Å². The SMILES string of the molecule is COc1ccc(CS(=O)c2ccccc2F)cc1OC. The molecule has 0 spiro atoms. The van der Waals surface area contributed by atoms with Crippen LogP contribution >= 0.6 is 0 Å². The van der Waals surface area contributed by atoms with Gasteiger partial charge < -0.3 is 9.47 Å². The monoisotopic (exact) mass is 294 g/mol. The third kappa shape index (κ3) is 3.17. The summed E-state index contributed by atoms with van der Waals surface area (Å²) in [6, 6.07) is 11.4. The van der Waals surface area contributed by atoms with Gasteiger partial charge in [-0.1, -0.05) is 18.2 Å². The Morgan fingerprint density at radius 2 is 1.75 bits per heavy atom. The van der Waals surface area contributed by atoms with Gasteiger partial charge in [0, 0.05) is 0 Å². The summed E-state index contributed by atoms with van der Waals surface area (Å²) in [5.41, 5.74) is 0.796. The molecule has 0 N–H and O–H groups in total. The van der Waals surface area contributed by atoms with Crippen LogP contribution in [0.1, 0.15) is 5.56 Å². The maximum absolute atomic E-state index is 13.6. The van der Waals surface area contributed by atoms with Crippen molar-refractivity contribution in [2.75, 3.05) is 14.2 Å². The fourth-order valence-corrected chi connectivity index (χ4v) is 2.98. The summed E-state index contributed by atoms with van der Waals surface area (Å²) in [5, 5.41) is 0. The Kier molecular flexibility index (Phi) is 4.74. The van der Waals surface area contributed by atoms with Crippen molar-refractivity contribution in [3.05, 3.63) is 53.8 Å². The molecule has 0 aliphatic carbocycles. The third-order valence-electron chi connectivity index (χ3n) is 2.83. The van der Waals surface area contributed by atoms with Gasteiger partial charge in [-0.05, 0) is 29.8 Å². The molecule has 0 radical (unpaired) electrons. The van der Waals surface area contributed by atoms with Crippen molar-refractivity contribution in [1.29, 1.82) is 0 Å². The second kappa shape index (κ2) is 6.52. The lowest BCUT2D eigenvalue weighted by molar-refractivity contribution is 0.354. The topological polar surface area (TPSA) is 35.5 Å². The van der Waals surface area contributed by atoms with Gasteiger partial charge in [-0.3, -0.25) is 4.21 Å². The minimum Gasteiger partial charge on any atom is -0.493 e. The summed E-state index contributed by atoms with van der Waals surface area (Å²) in [5.74, 6) is 0.941. The molecule has 1 atom stereocenters. The Morgan fingerprint density at radius 3 is 2.40 bits per heavy atom. The molecule has 0 aliphatic rings. The van der Waals surface area contributed by atoms with Gasteiger partial charge in [0.25, 0.3) is 0 Å². The molecule has 0 heterocycles. The average Bonchev–Trinajstić information content (AvgIpc) is 2.47. The molecule has 2 aromatic carbocycles. The molecule has 2 aromatic rings. The molecule has 106 valence electrons. The first-order valence-corrected chi connectivity index (χ1v) is 7.31. The van der Waals surface area contributed by atoms with Crippen molar-refractivity contribution < 1.29 is 18.1 Å². The van der Waals surface area contributed by atoms with Crippen LogP contribution in [0.3, 0.4) is 0 Å². The van der Waals surface area contributed by atoms with Gasteiger partial charge in [-0.2, -0.15) is 0 Å². The lowest BCUT2D eigenvalue weighted by Gasteiger charge is -2.09. The highest BCUT2D eigenvalue weighted by atomic mass is 32.2. The molecule has 0 fully saturated rings. The molecular weight excluding hydrogens is 279 g/mol. The maximum atomic E-state index is 13.6. The van der Waals surface area contributed by atoms with Gasteiger partial charge in [0.2, 0.25) is 0 Å². The smallest absolute Gasteiger partial charge is 0.161 e. The Hall–Kier alpha value is -1.88. The Labute approximate surface area is 119 Å². The molecular formula is C15H15FO3S. The van der Waals surface area contributed by atoms with E-state index < -0.39 is 16.6 Å². The zero-order chi connectivity index (χ0) is 14.5. The standard InChI is InChI=1S/C15H15FO3S/c1-18-13-8-7-11(9-14(13)19-2)10-20(17)15-6-4-3-5-12(15)16/h3-9H,10H2,1-2H3. The molecule has 0 saturated carbocycles. The number of methoxy groups -OCH3 is 2. The van der Waals surface area contributed by atoms with Crippen LogP contribution in [0.15, 0.2) is 47.4 Å². The van der Waals surface area contributed by atoms with E-state index in [2.05, 4.69) is 0 Å². The predicted octanol–water partition coefficient (Wildman–Crippen LogP) is 3.15. The van der Waals surface area contributed by atoms with Gasteiger partial charge >= 0.3 is 0 Å². The highest BCUT2D eigenvalue weighted by Gasteiger charge is 2.12. The van der Waals surface area contributed by atoms with Crippen molar-refractivity contribution in [3.8, 4) is 11.5 Å². The second-order valence-electron chi connectivity index (χ2n) is 4.11. The average molecular weight is 294 g/mol. The number of hydrogen-bond acceptors (Lipinski definition) is 3. The van der Waals surface area contributed by atoms with Gasteiger partial charge in [-0.15, -0.1) is 0 Å². The molecule has 0 aliphatic heterocycles. The van der Waals surface area contributed by atoms with Crippen LogP contribution in [0, 0.1) is 5.82 Å². The summed E-state index contributed by atoms with van der Waals surface area (Å²) < 4.78 is 36.1. The first-order chi connectivity index (χ1) is 9.65. The normalized spacial score (nSPS) is 11.9. The minimum absolute atomic E-state index is 0.210. The first kappa shape index (κ1) is 14.5. The molecule has 3 nitrogen and oxygen atoms in total. The van der Waals surface area contributed by atoms with Crippen LogP contribution in [-0.4, -0.2) is 18.4 Å². The number of benzene rings is 2. The van der Waals surface area contributed by atoms with Crippen molar-refractivity contribution >= 4 is 10.8 Å². The first-order valence-electron chi connectivity index (χ1n) is 5.99. The summed E-state index contributed by atoms with van der Waals surface area (Å²) in [4.78, 5) is 0.210. The molecule has 0 aromatic heterocycles. The summed E-state index contributed by atoms with van der Waals surface area (Å²) in [7, 11) is 1.65. The van der Waals surface area contributed by atoms with Gasteiger partial charge in [0.15, 0.2) is 11.5 Å². The molecule has 1 unspecified atom stereocenters. The van der Waals surface area contributed by atoms with Crippen molar-refractivity contribution in [1.82, 2.24) is 0 Å². The van der Waals surface area contributed by atoms with E-state index in [0.717, 1.165) is 5.56 Å². The number of halogens is 1. The van der Waals surface area contributed by atoms with Crippen molar-refractivity contribution in [2.45, 2.75) is 10.6 Å². The Morgan fingerprint density at radius 1 is 1.05 bits per heavy atom. The molecule has 0 amide bonds. The van der Waals surface area contributed by atoms with E-state index in [1.165, 1.54) is 19.2 Å². The van der Waals surface area contributed by atoms with Crippen molar-refractivity contribution in [3.63, 3.8) is 0 Å². The van der Waals surface area contributed by atoms with Crippen LogP contribution in [0.25, 0.3) is 0 Å². The number of ether oxygens (including phenoxy) is 2. The highest BCUT2D eigenvalue weighted by Crippen LogP contribution is 2.28. The zero-order valence-corrected chi connectivity index (χ0v) is 12.1. The Bertz CT molecular complexity index is 628. The fraction of sp³-hybridized carbons (Fsp3) is 0.200. The summed E-state index contributed by atoms with van der Waals surface area (Å²) >= 11 is 0. The van der Waals surface area contributed by atoms with E-state index in [9.17, 15) is 8.60 Å². The lowest BCUT2D eigenvalue weighted by Crippen LogP contribution is -2.00. The van der Waals surface area contributed by atoms with E-state index in [1.54, 1.807) is 37.4 Å². The van der Waals surface area contributed by atoms with E-state index in [4.69, 9.17) is 9.47 Å². The molecule has 0 saturated heterocycles. The second-order valence-corrected chi connectivity index (χ2v) is 5.53. The summed E-state index contributed by atoms with van der Waals surface area (Å²) in [6.07, 6.45) is 0. The quantitative estimate of drug-likeness (QED) is 0.850. The summed E-state index contributed by atoms with van der Waals surface area (Å²) in [6.45, 7) is 0. The highest BCUT2D eigenvalue weighted by molar-refractivity contribution is 7.84. The van der Waals surface area contributed by atoms with Gasteiger partial charge in [0.1, 0.15) is 5.82 Å². The maximum Gasteiger partial charge on any atom is 0.161 e. The number of rotatable bonds is 5. The van der Waals surface area contributed by atoms with Crippen LogP contribution in [0.2, 0.25) is 0 Å². The molecule has 5 heteroatoms. The van der Waals surface area contributed by atoms with Crippen molar-refractivity contribution in [2.24, 2.45) is 0 Å². The fourth-order valence-electron chi connectivity index (χ4n) is 1.83. The Balaban J connectivity index is 2.22. The number of hydrogen-bond donors (Lipinski definition) is 0. The van der Waals surface area contributed by atoms with Gasteiger partial charge in [-0.25, -0.2) is 4.39 Å². The third-order valence-corrected chi connectivity index (χ3v) is 4.24. The van der Waals surface area contributed by atoms with Gasteiger partial charge in [0.05, 0.1) is 35.7 Å². The lowest BCUT2D eigenvalue weighted by atomic mass is 10.2. The van der Waals surface area contributed by atoms with E-state index in [1.807, 2.05) is 0 Å². The zero-order valence-electron chi connectivity index (χ0n) is 11.3. The van der Waals surface area contributed by atoms with Crippen LogP contribution in [0.4, 0.5) is 4.39 Å². The van der Waals surface area contributed by atoms with E-state index in [0.29, 0.717) is 11.5 Å². The van der Waals surface area contributed by atoms with E-state index >= 15 is 0 Å². The van der Waals surface area contributed by atoms with E-state index in [-0.39, 0.29) is 10.6 Å². The van der Waals surface area contributed by atoms with Crippen LogP contribution in [0.5, 0.6) is 11.5 Å². The minimum atomic E-state index is -1.44. The molecule has 0 bridgehead atoms. The molecule has 2 rings (SSSR count).